The van der Waals surface area contributed by atoms with E-state index in [2.05, 4.69) is 54.6 Å². The van der Waals surface area contributed by atoms with Crippen LogP contribution >= 0.6 is 0 Å². The maximum atomic E-state index is 2.41. The summed E-state index contributed by atoms with van der Waals surface area (Å²) in [6, 6.07) is 10.6. The highest BCUT2D eigenvalue weighted by Gasteiger charge is 2.33. The monoisotopic (exact) mass is 196 g/mol. The molecule has 0 amide bonds. The van der Waals surface area contributed by atoms with Gasteiger partial charge in [-0.05, 0) is 36.2 Å². The van der Waals surface area contributed by atoms with Crippen LogP contribution in [0.4, 0.5) is 0 Å². The maximum absolute atomic E-state index is 2.41. The first kappa shape index (κ1) is 8.96. The Labute approximate surface area is 91.3 Å². The van der Waals surface area contributed by atoms with Crippen molar-refractivity contribution in [3.63, 3.8) is 0 Å². The van der Waals surface area contributed by atoms with Gasteiger partial charge in [0.05, 0.1) is 0 Å². The van der Waals surface area contributed by atoms with Crippen LogP contribution in [-0.4, -0.2) is 0 Å². The number of hydrogen-bond donors (Lipinski definition) is 0. The summed E-state index contributed by atoms with van der Waals surface area (Å²) in [6.07, 6.45) is 12.3. The molecule has 1 fully saturated rings. The van der Waals surface area contributed by atoms with Gasteiger partial charge in [0, 0.05) is 0 Å². The van der Waals surface area contributed by atoms with E-state index < -0.39 is 0 Å². The highest BCUT2D eigenvalue weighted by Crippen LogP contribution is 2.44. The molecule has 2 aliphatic carbocycles. The van der Waals surface area contributed by atoms with Crippen molar-refractivity contribution in [1.29, 1.82) is 0 Å². The van der Waals surface area contributed by atoms with E-state index >= 15 is 0 Å². The molecule has 1 aromatic rings. The zero-order valence-corrected chi connectivity index (χ0v) is 8.84. The third-order valence-electron chi connectivity index (χ3n) is 3.67. The Balaban J connectivity index is 1.71. The Kier molecular flexibility index (Phi) is 2.21. The van der Waals surface area contributed by atoms with Gasteiger partial charge in [-0.2, -0.15) is 0 Å². The quantitative estimate of drug-likeness (QED) is 0.629. The zero-order valence-electron chi connectivity index (χ0n) is 8.84. The number of benzene rings is 1. The number of fused-ring (bicyclic) bond motifs is 2. The molecule has 3 unspecified atom stereocenters. The molecule has 0 spiro atoms. The second-order valence-corrected chi connectivity index (χ2v) is 4.71. The van der Waals surface area contributed by atoms with E-state index in [1.807, 2.05) is 0 Å². The Morgan fingerprint density at radius 3 is 2.53 bits per heavy atom. The molecule has 76 valence electrons. The molecule has 0 aliphatic heterocycles. The van der Waals surface area contributed by atoms with E-state index in [4.69, 9.17) is 0 Å². The molecular weight excluding hydrogens is 180 g/mol. The standard InChI is InChI=1S/C15H16/c1-2-4-12(5-3-1)6-8-14-10-13-7-9-15(14)11-13/h1-9,13-15H,10-11H2. The molecule has 3 atom stereocenters. The second kappa shape index (κ2) is 3.69. The van der Waals surface area contributed by atoms with Crippen LogP contribution in [0, 0.1) is 17.8 Å². The summed E-state index contributed by atoms with van der Waals surface area (Å²) in [6.45, 7) is 0. The van der Waals surface area contributed by atoms with Crippen molar-refractivity contribution in [2.75, 3.05) is 0 Å². The van der Waals surface area contributed by atoms with Gasteiger partial charge in [0.2, 0.25) is 0 Å². The molecule has 0 N–H and O–H groups in total. The van der Waals surface area contributed by atoms with Crippen molar-refractivity contribution < 1.29 is 0 Å². The number of hydrogen-bond acceptors (Lipinski definition) is 0. The zero-order chi connectivity index (χ0) is 10.1. The minimum atomic E-state index is 0.792. The van der Waals surface area contributed by atoms with Crippen molar-refractivity contribution in [3.8, 4) is 0 Å². The Morgan fingerprint density at radius 1 is 1.00 bits per heavy atom. The van der Waals surface area contributed by atoms with Crippen molar-refractivity contribution in [2.45, 2.75) is 12.8 Å². The average molecular weight is 196 g/mol. The van der Waals surface area contributed by atoms with Crippen LogP contribution in [0.3, 0.4) is 0 Å². The minimum absolute atomic E-state index is 0.792. The van der Waals surface area contributed by atoms with Crippen LogP contribution in [0.15, 0.2) is 48.6 Å². The van der Waals surface area contributed by atoms with E-state index in [1.54, 1.807) is 0 Å². The van der Waals surface area contributed by atoms with E-state index in [1.165, 1.54) is 18.4 Å². The molecule has 2 bridgehead atoms. The lowest BCUT2D eigenvalue weighted by atomic mass is 9.93. The molecule has 1 aromatic carbocycles. The average Bonchev–Trinajstić information content (AvgIpc) is 2.89. The summed E-state index contributed by atoms with van der Waals surface area (Å²) in [5, 5.41) is 0. The van der Waals surface area contributed by atoms with Crippen LogP contribution in [0.25, 0.3) is 6.08 Å². The van der Waals surface area contributed by atoms with Gasteiger partial charge in [-0.25, -0.2) is 0 Å². The smallest absolute Gasteiger partial charge is 0.0161 e. The second-order valence-electron chi connectivity index (χ2n) is 4.71. The van der Waals surface area contributed by atoms with E-state index in [0.29, 0.717) is 0 Å². The molecule has 0 saturated heterocycles. The van der Waals surface area contributed by atoms with Gasteiger partial charge >= 0.3 is 0 Å². The number of allylic oxidation sites excluding steroid dienone is 3. The van der Waals surface area contributed by atoms with Gasteiger partial charge in [0.1, 0.15) is 0 Å². The van der Waals surface area contributed by atoms with Crippen LogP contribution < -0.4 is 0 Å². The molecule has 0 radical (unpaired) electrons. The van der Waals surface area contributed by atoms with Crippen molar-refractivity contribution in [2.24, 2.45) is 17.8 Å². The molecule has 0 nitrogen and oxygen atoms in total. The first-order valence-electron chi connectivity index (χ1n) is 5.83. The van der Waals surface area contributed by atoms with Gasteiger partial charge in [-0.3, -0.25) is 0 Å². The Hall–Kier alpha value is -1.30. The summed E-state index contributed by atoms with van der Waals surface area (Å²) in [5.41, 5.74) is 1.32. The largest absolute Gasteiger partial charge is 0.0851 e. The summed E-state index contributed by atoms with van der Waals surface area (Å²) >= 11 is 0. The normalized spacial score (nSPS) is 32.9. The lowest BCUT2D eigenvalue weighted by molar-refractivity contribution is 0.552. The Morgan fingerprint density at radius 2 is 1.87 bits per heavy atom. The molecular formula is C15H16. The van der Waals surface area contributed by atoms with Gasteiger partial charge in [-0.15, -0.1) is 0 Å². The van der Waals surface area contributed by atoms with Crippen LogP contribution in [0.2, 0.25) is 0 Å². The van der Waals surface area contributed by atoms with Crippen molar-refractivity contribution in [3.05, 3.63) is 54.1 Å². The highest BCUT2D eigenvalue weighted by molar-refractivity contribution is 5.49. The highest BCUT2D eigenvalue weighted by atomic mass is 14.4. The predicted molar refractivity (Wildman–Crippen MR) is 64.3 cm³/mol. The van der Waals surface area contributed by atoms with Gasteiger partial charge in [-0.1, -0.05) is 54.6 Å². The summed E-state index contributed by atoms with van der Waals surface area (Å²) < 4.78 is 0. The molecule has 2 aliphatic rings. The molecule has 3 rings (SSSR count). The van der Waals surface area contributed by atoms with E-state index in [-0.39, 0.29) is 0 Å². The van der Waals surface area contributed by atoms with Gasteiger partial charge in [0.15, 0.2) is 0 Å². The number of rotatable bonds is 2. The fourth-order valence-corrected chi connectivity index (χ4v) is 2.84. The molecule has 15 heavy (non-hydrogen) atoms. The van der Waals surface area contributed by atoms with Crippen LogP contribution in [-0.2, 0) is 0 Å². The predicted octanol–water partition coefficient (Wildman–Crippen LogP) is 3.91. The minimum Gasteiger partial charge on any atom is -0.0851 e. The van der Waals surface area contributed by atoms with Crippen molar-refractivity contribution >= 4 is 6.08 Å². The van der Waals surface area contributed by atoms with E-state index in [0.717, 1.165) is 17.8 Å². The third kappa shape index (κ3) is 1.77. The van der Waals surface area contributed by atoms with Crippen molar-refractivity contribution in [1.82, 2.24) is 0 Å². The van der Waals surface area contributed by atoms with Gasteiger partial charge < -0.3 is 0 Å². The lowest BCUT2D eigenvalue weighted by Gasteiger charge is -2.12. The first-order chi connectivity index (χ1) is 7.42. The summed E-state index contributed by atoms with van der Waals surface area (Å²) in [4.78, 5) is 0. The third-order valence-corrected chi connectivity index (χ3v) is 3.67. The fraction of sp³-hybridized carbons (Fsp3) is 0.333. The summed E-state index contributed by atoms with van der Waals surface area (Å²) in [5.74, 6) is 2.50. The summed E-state index contributed by atoms with van der Waals surface area (Å²) in [7, 11) is 0. The first-order valence-corrected chi connectivity index (χ1v) is 5.83. The SMILES string of the molecule is C(=CC1CC2C=CC1C2)c1ccccc1. The molecule has 0 heterocycles. The molecule has 1 saturated carbocycles. The molecule has 0 aromatic heterocycles. The topological polar surface area (TPSA) is 0 Å². The van der Waals surface area contributed by atoms with Crippen LogP contribution in [0.5, 0.6) is 0 Å². The van der Waals surface area contributed by atoms with Gasteiger partial charge in [0.25, 0.3) is 0 Å². The lowest BCUT2D eigenvalue weighted by Crippen LogP contribution is -2.02. The maximum Gasteiger partial charge on any atom is -0.0161 e. The van der Waals surface area contributed by atoms with E-state index in [9.17, 15) is 0 Å². The fourth-order valence-electron chi connectivity index (χ4n) is 2.84. The molecule has 0 heteroatoms. The Bertz CT molecular complexity index is 386. The van der Waals surface area contributed by atoms with Crippen LogP contribution in [0.1, 0.15) is 18.4 Å².